The van der Waals surface area contributed by atoms with Crippen LogP contribution in [-0.2, 0) is 0 Å². The van der Waals surface area contributed by atoms with Crippen molar-refractivity contribution in [3.8, 4) is 22.7 Å². The normalized spacial score (nSPS) is 28.1. The fourth-order valence-corrected chi connectivity index (χ4v) is 5.19. The second-order valence-electron chi connectivity index (χ2n) is 8.99. The van der Waals surface area contributed by atoms with Crippen LogP contribution in [0.1, 0.15) is 19.8 Å². The molecule has 3 aromatic rings. The molecule has 4 atom stereocenters. The summed E-state index contributed by atoms with van der Waals surface area (Å²) in [4.78, 5) is 8.14. The van der Waals surface area contributed by atoms with E-state index in [1.54, 1.807) is 18.6 Å². The second kappa shape index (κ2) is 7.30. The van der Waals surface area contributed by atoms with Gasteiger partial charge in [0.2, 0.25) is 0 Å². The Bertz CT molecular complexity index is 1070. The van der Waals surface area contributed by atoms with Crippen LogP contribution >= 0.6 is 0 Å². The monoisotopic (exact) mass is 422 g/mol. The van der Waals surface area contributed by atoms with Gasteiger partial charge in [0, 0.05) is 37.6 Å². The zero-order valence-corrected chi connectivity index (χ0v) is 18.0. The van der Waals surface area contributed by atoms with Crippen molar-refractivity contribution in [2.45, 2.75) is 37.5 Å². The van der Waals surface area contributed by atoms with Crippen molar-refractivity contribution in [2.75, 3.05) is 25.5 Å². The number of benzene rings is 1. The smallest absolute Gasteiger partial charge is 0.151 e. The molecule has 0 radical (unpaired) electrons. The number of phenols is 1. The molecule has 1 N–H and O–H groups in total. The summed E-state index contributed by atoms with van der Waals surface area (Å²) < 4.78 is 17.3. The van der Waals surface area contributed by atoms with E-state index in [1.807, 2.05) is 60.9 Å². The molecule has 2 saturated heterocycles. The van der Waals surface area contributed by atoms with Crippen molar-refractivity contribution >= 4 is 5.82 Å². The summed E-state index contributed by atoms with van der Waals surface area (Å²) >= 11 is 0. The first-order chi connectivity index (χ1) is 14.9. The Hall–Kier alpha value is -3.00. The first-order valence-corrected chi connectivity index (χ1v) is 10.6. The maximum Gasteiger partial charge on any atom is 0.151 e. The number of hydrogen-bond donors (Lipinski definition) is 1. The van der Waals surface area contributed by atoms with E-state index in [-0.39, 0.29) is 17.7 Å². The quantitative estimate of drug-likeness (QED) is 0.696. The lowest BCUT2D eigenvalue weighted by atomic mass is 9.67. The fourth-order valence-electron chi connectivity index (χ4n) is 5.19. The second-order valence-corrected chi connectivity index (χ2v) is 8.99. The number of fused-ring (bicyclic) bond motifs is 3. The number of anilines is 1. The topological polar surface area (TPSA) is 70.3 Å². The fraction of sp³-hybridized carbons (Fsp3) is 0.435. The van der Waals surface area contributed by atoms with Crippen molar-refractivity contribution in [1.82, 2.24) is 24.6 Å². The summed E-state index contributed by atoms with van der Waals surface area (Å²) in [5.74, 6) is 1.03. The number of phenolic OH excluding ortho intramolecular Hbond substituents is 1. The lowest BCUT2D eigenvalue weighted by Gasteiger charge is -2.58. The van der Waals surface area contributed by atoms with E-state index < -0.39 is 11.7 Å². The number of hydrogen-bond acceptors (Lipinski definition) is 6. The molecule has 7 nitrogen and oxygen atoms in total. The number of rotatable bonds is 4. The van der Waals surface area contributed by atoms with Gasteiger partial charge in [0.25, 0.3) is 0 Å². The zero-order chi connectivity index (χ0) is 21.8. The minimum atomic E-state index is -0.948. The van der Waals surface area contributed by atoms with Gasteiger partial charge in [-0.2, -0.15) is 0 Å². The molecule has 8 heteroatoms. The molecule has 31 heavy (non-hydrogen) atoms. The summed E-state index contributed by atoms with van der Waals surface area (Å²) in [5.41, 5.74) is 1.55. The van der Waals surface area contributed by atoms with Gasteiger partial charge in [-0.1, -0.05) is 0 Å². The molecule has 1 unspecified atom stereocenters. The third-order valence-corrected chi connectivity index (χ3v) is 7.30. The van der Waals surface area contributed by atoms with Crippen LogP contribution < -0.4 is 4.90 Å². The molecule has 1 aromatic carbocycles. The van der Waals surface area contributed by atoms with Crippen LogP contribution in [-0.4, -0.2) is 68.1 Å². The van der Waals surface area contributed by atoms with Crippen LogP contribution in [0, 0.1) is 5.92 Å². The first kappa shape index (κ1) is 19.9. The highest BCUT2D eigenvalue weighted by molar-refractivity contribution is 5.69. The van der Waals surface area contributed by atoms with Gasteiger partial charge >= 0.3 is 0 Å². The molecule has 3 aliphatic rings. The van der Waals surface area contributed by atoms with Crippen molar-refractivity contribution in [3.05, 3.63) is 49.1 Å². The summed E-state index contributed by atoms with van der Waals surface area (Å²) in [6.07, 6.45) is 6.14. The standard InChI is InChI=1S/C23H27FN6O/c1-23-9-8-15(13-28(23)2)21(22(23)24)29(3)20-7-6-18(26-27-20)17-5-4-16(12-19(17)31)30-11-10-25-14-30/h4-7,10-12,14-15,21-22,31H,8-9,13H2,1-3H3/t15?,21-,22-,23-/m1/s1. The van der Waals surface area contributed by atoms with E-state index in [2.05, 4.69) is 20.1 Å². The molecular weight excluding hydrogens is 395 g/mol. The molecule has 2 bridgehead atoms. The predicted octanol–water partition coefficient (Wildman–Crippen LogP) is 3.29. The minimum Gasteiger partial charge on any atom is -0.507 e. The molecular formula is C23H27FN6O. The van der Waals surface area contributed by atoms with E-state index in [0.29, 0.717) is 17.1 Å². The Labute approximate surface area is 181 Å². The predicted molar refractivity (Wildman–Crippen MR) is 117 cm³/mol. The van der Waals surface area contributed by atoms with Crippen molar-refractivity contribution < 1.29 is 9.50 Å². The lowest BCUT2D eigenvalue weighted by molar-refractivity contribution is -0.0816. The highest BCUT2D eigenvalue weighted by Gasteiger charge is 2.55. The molecule has 6 rings (SSSR count). The molecule has 1 saturated carbocycles. The van der Waals surface area contributed by atoms with Crippen molar-refractivity contribution in [1.29, 1.82) is 0 Å². The number of halogens is 1. The Kier molecular flexibility index (Phi) is 4.69. The van der Waals surface area contributed by atoms with Crippen LogP contribution in [0.25, 0.3) is 16.9 Å². The van der Waals surface area contributed by atoms with Crippen LogP contribution in [0.5, 0.6) is 5.75 Å². The zero-order valence-electron chi connectivity index (χ0n) is 18.0. The maximum atomic E-state index is 15.5. The van der Waals surface area contributed by atoms with Crippen LogP contribution in [0.4, 0.5) is 10.2 Å². The largest absolute Gasteiger partial charge is 0.507 e. The van der Waals surface area contributed by atoms with E-state index in [1.165, 1.54) is 0 Å². The van der Waals surface area contributed by atoms with Gasteiger partial charge in [-0.3, -0.25) is 4.90 Å². The van der Waals surface area contributed by atoms with Gasteiger partial charge in [0.1, 0.15) is 11.9 Å². The SMILES string of the molecule is CN(c1ccc(-c2ccc(-n3ccnc3)cc2O)nn1)[C@@H]1C2CC[C@](C)([C@@H]1F)N(C)C2. The molecule has 1 aliphatic carbocycles. The summed E-state index contributed by atoms with van der Waals surface area (Å²) in [6.45, 7) is 2.92. The van der Waals surface area contributed by atoms with E-state index in [4.69, 9.17) is 0 Å². The van der Waals surface area contributed by atoms with Gasteiger partial charge in [-0.15, -0.1) is 10.2 Å². The van der Waals surface area contributed by atoms with Gasteiger partial charge in [0.15, 0.2) is 5.82 Å². The van der Waals surface area contributed by atoms with Gasteiger partial charge in [-0.25, -0.2) is 9.37 Å². The average molecular weight is 423 g/mol. The van der Waals surface area contributed by atoms with Crippen LogP contribution in [0.2, 0.25) is 0 Å². The Balaban J connectivity index is 1.38. The van der Waals surface area contributed by atoms with Gasteiger partial charge < -0.3 is 14.6 Å². The van der Waals surface area contributed by atoms with E-state index >= 15 is 4.39 Å². The summed E-state index contributed by atoms with van der Waals surface area (Å²) in [5, 5.41) is 19.2. The molecule has 0 amide bonds. The minimum absolute atomic E-state index is 0.117. The molecule has 162 valence electrons. The average Bonchev–Trinajstić information content (AvgIpc) is 3.30. The third-order valence-electron chi connectivity index (χ3n) is 7.30. The van der Waals surface area contributed by atoms with Crippen LogP contribution in [0.15, 0.2) is 49.1 Å². The Morgan fingerprint density at radius 1 is 1.23 bits per heavy atom. The molecule has 2 aromatic heterocycles. The number of nitrogens with zero attached hydrogens (tertiary/aromatic N) is 6. The molecule has 2 aliphatic heterocycles. The van der Waals surface area contributed by atoms with E-state index in [0.717, 1.165) is 25.1 Å². The molecule has 4 heterocycles. The highest BCUT2D eigenvalue weighted by atomic mass is 19.1. The Morgan fingerprint density at radius 2 is 2.06 bits per heavy atom. The summed E-state index contributed by atoms with van der Waals surface area (Å²) in [7, 11) is 3.93. The van der Waals surface area contributed by atoms with E-state index in [9.17, 15) is 5.11 Å². The molecule has 0 spiro atoms. The Morgan fingerprint density at radius 3 is 2.71 bits per heavy atom. The van der Waals surface area contributed by atoms with Crippen molar-refractivity contribution in [2.24, 2.45) is 5.92 Å². The number of aromatic hydroxyl groups is 1. The molecule has 3 fully saturated rings. The third kappa shape index (κ3) is 3.17. The van der Waals surface area contributed by atoms with Crippen molar-refractivity contribution in [3.63, 3.8) is 0 Å². The lowest BCUT2D eigenvalue weighted by Crippen LogP contribution is -2.70. The number of piperidine rings is 2. The first-order valence-electron chi connectivity index (χ1n) is 10.6. The number of imidazole rings is 1. The summed E-state index contributed by atoms with van der Waals surface area (Å²) in [6, 6.07) is 8.84. The van der Waals surface area contributed by atoms with Gasteiger partial charge in [0.05, 0.1) is 29.3 Å². The van der Waals surface area contributed by atoms with Crippen LogP contribution in [0.3, 0.4) is 0 Å². The highest BCUT2D eigenvalue weighted by Crippen LogP contribution is 2.46. The maximum absolute atomic E-state index is 15.5. The van der Waals surface area contributed by atoms with Gasteiger partial charge in [-0.05, 0) is 57.0 Å². The number of alkyl halides is 1. The number of aromatic nitrogens is 4.